The van der Waals surface area contributed by atoms with Crippen molar-refractivity contribution in [3.63, 3.8) is 0 Å². The largest absolute Gasteiger partial charge is 0.478 e. The van der Waals surface area contributed by atoms with Crippen LogP contribution in [0.4, 0.5) is 5.69 Å². The third kappa shape index (κ3) is 4.19. The first-order valence-corrected chi connectivity index (χ1v) is 8.80. The highest BCUT2D eigenvalue weighted by Crippen LogP contribution is 2.27. The van der Waals surface area contributed by atoms with Crippen molar-refractivity contribution in [3.05, 3.63) is 63.9 Å². The lowest BCUT2D eigenvalue weighted by Gasteiger charge is -2.08. The van der Waals surface area contributed by atoms with Gasteiger partial charge in [-0.2, -0.15) is 0 Å². The van der Waals surface area contributed by atoms with Gasteiger partial charge in [-0.25, -0.2) is 9.78 Å². The summed E-state index contributed by atoms with van der Waals surface area (Å²) in [5.74, 6) is -1.29. The normalized spacial score (nSPS) is 10.3. The summed E-state index contributed by atoms with van der Waals surface area (Å²) in [6, 6.07) is 10.8. The molecule has 1 amide bonds. The number of amides is 1. The standard InChI is InChI=1S/C18H13ClN2O4S/c19-14-4-2-1-3-12(14)11-5-6-17(20-7-11)25-8-16(22)21-15-10-26-9-13(15)18(23)24/h1-7,9-10H,8H2,(H,21,22)(H,23,24). The molecule has 0 atom stereocenters. The zero-order chi connectivity index (χ0) is 18.5. The van der Waals surface area contributed by atoms with E-state index in [1.54, 1.807) is 29.8 Å². The molecule has 6 nitrogen and oxygen atoms in total. The van der Waals surface area contributed by atoms with Crippen molar-refractivity contribution in [1.29, 1.82) is 0 Å². The zero-order valence-electron chi connectivity index (χ0n) is 13.3. The number of hydrogen-bond donors (Lipinski definition) is 2. The smallest absolute Gasteiger partial charge is 0.338 e. The predicted octanol–water partition coefficient (Wildman–Crippen LogP) is 4.18. The number of aromatic nitrogens is 1. The molecule has 0 radical (unpaired) electrons. The van der Waals surface area contributed by atoms with E-state index in [4.69, 9.17) is 21.4 Å². The first-order chi connectivity index (χ1) is 12.5. The van der Waals surface area contributed by atoms with Gasteiger partial charge >= 0.3 is 5.97 Å². The molecule has 8 heteroatoms. The van der Waals surface area contributed by atoms with Gasteiger partial charge in [-0.1, -0.05) is 29.8 Å². The number of hydrogen-bond acceptors (Lipinski definition) is 5. The van der Waals surface area contributed by atoms with Crippen molar-refractivity contribution < 1.29 is 19.4 Å². The van der Waals surface area contributed by atoms with Gasteiger partial charge < -0.3 is 15.2 Å². The summed E-state index contributed by atoms with van der Waals surface area (Å²) in [5.41, 5.74) is 1.98. The number of halogens is 1. The fourth-order valence-electron chi connectivity index (χ4n) is 2.21. The second-order valence-corrected chi connectivity index (χ2v) is 6.36. The molecule has 26 heavy (non-hydrogen) atoms. The Morgan fingerprint density at radius 2 is 2.00 bits per heavy atom. The monoisotopic (exact) mass is 388 g/mol. The minimum Gasteiger partial charge on any atom is -0.478 e. The molecule has 0 spiro atoms. The molecule has 0 bridgehead atoms. The van der Waals surface area contributed by atoms with Gasteiger partial charge in [0.25, 0.3) is 5.91 Å². The van der Waals surface area contributed by atoms with E-state index in [1.807, 2.05) is 18.2 Å². The van der Waals surface area contributed by atoms with Crippen LogP contribution in [0.1, 0.15) is 10.4 Å². The average Bonchev–Trinajstić information content (AvgIpc) is 3.09. The van der Waals surface area contributed by atoms with Gasteiger partial charge in [0.2, 0.25) is 5.88 Å². The SMILES string of the molecule is O=C(COc1ccc(-c2ccccc2Cl)cn1)Nc1cscc1C(=O)O. The average molecular weight is 389 g/mol. The van der Waals surface area contributed by atoms with E-state index in [0.717, 1.165) is 11.1 Å². The van der Waals surface area contributed by atoms with Gasteiger partial charge in [-0.3, -0.25) is 4.79 Å². The lowest BCUT2D eigenvalue weighted by Crippen LogP contribution is -2.21. The van der Waals surface area contributed by atoms with Crippen LogP contribution in [-0.2, 0) is 4.79 Å². The van der Waals surface area contributed by atoms with Crippen LogP contribution in [0.5, 0.6) is 5.88 Å². The first kappa shape index (κ1) is 17.9. The summed E-state index contributed by atoms with van der Waals surface area (Å²) in [6.07, 6.45) is 1.61. The maximum Gasteiger partial charge on any atom is 0.338 e. The molecule has 3 rings (SSSR count). The number of carbonyl (C=O) groups is 2. The number of thiophene rings is 1. The Morgan fingerprint density at radius 3 is 2.69 bits per heavy atom. The number of nitrogens with one attached hydrogen (secondary N) is 1. The van der Waals surface area contributed by atoms with Crippen molar-refractivity contribution in [2.24, 2.45) is 0 Å². The summed E-state index contributed by atoms with van der Waals surface area (Å²) in [7, 11) is 0. The van der Waals surface area contributed by atoms with Crippen LogP contribution in [0, 0.1) is 0 Å². The Morgan fingerprint density at radius 1 is 1.19 bits per heavy atom. The highest BCUT2D eigenvalue weighted by atomic mass is 35.5. The number of carbonyl (C=O) groups excluding carboxylic acids is 1. The van der Waals surface area contributed by atoms with Crippen molar-refractivity contribution in [3.8, 4) is 17.0 Å². The summed E-state index contributed by atoms with van der Waals surface area (Å²) in [4.78, 5) is 27.1. The Kier molecular flexibility index (Phi) is 5.50. The minimum absolute atomic E-state index is 0.0468. The third-order valence-corrected chi connectivity index (χ3v) is 4.51. The second-order valence-electron chi connectivity index (χ2n) is 5.21. The minimum atomic E-state index is -1.10. The second kappa shape index (κ2) is 7.99. The number of anilines is 1. The van der Waals surface area contributed by atoms with Gasteiger partial charge in [0.05, 0.1) is 11.3 Å². The molecule has 1 aromatic carbocycles. The van der Waals surface area contributed by atoms with Gasteiger partial charge in [-0.15, -0.1) is 11.3 Å². The fourth-order valence-corrected chi connectivity index (χ4v) is 3.20. The molecule has 3 aromatic rings. The molecular weight excluding hydrogens is 376 g/mol. The lowest BCUT2D eigenvalue weighted by molar-refractivity contribution is -0.118. The number of nitrogens with zero attached hydrogens (tertiary/aromatic N) is 1. The molecule has 132 valence electrons. The van der Waals surface area contributed by atoms with E-state index in [1.165, 1.54) is 16.7 Å². The maximum absolute atomic E-state index is 11.9. The van der Waals surface area contributed by atoms with Crippen LogP contribution in [0.15, 0.2) is 53.4 Å². The van der Waals surface area contributed by atoms with Gasteiger partial charge in [0.15, 0.2) is 6.61 Å². The lowest BCUT2D eigenvalue weighted by atomic mass is 10.1. The van der Waals surface area contributed by atoms with E-state index in [9.17, 15) is 9.59 Å². The van der Waals surface area contributed by atoms with Crippen LogP contribution < -0.4 is 10.1 Å². The molecule has 0 fully saturated rings. The quantitative estimate of drug-likeness (QED) is 0.661. The number of benzene rings is 1. The Hall–Kier alpha value is -2.90. The van der Waals surface area contributed by atoms with E-state index in [2.05, 4.69) is 10.3 Å². The highest BCUT2D eigenvalue weighted by molar-refractivity contribution is 7.08. The first-order valence-electron chi connectivity index (χ1n) is 7.47. The number of pyridine rings is 1. The van der Waals surface area contributed by atoms with Gasteiger partial charge in [-0.05, 0) is 12.1 Å². The van der Waals surface area contributed by atoms with Crippen molar-refractivity contribution in [1.82, 2.24) is 4.98 Å². The summed E-state index contributed by atoms with van der Waals surface area (Å²) in [6.45, 7) is -0.284. The molecule has 0 unspecified atom stereocenters. The molecule has 2 heterocycles. The predicted molar refractivity (Wildman–Crippen MR) is 100 cm³/mol. The molecule has 0 saturated heterocycles. The van der Waals surface area contributed by atoms with E-state index in [0.29, 0.717) is 5.02 Å². The maximum atomic E-state index is 11.9. The highest BCUT2D eigenvalue weighted by Gasteiger charge is 2.14. The van der Waals surface area contributed by atoms with Crippen LogP contribution in [0.2, 0.25) is 5.02 Å². The summed E-state index contributed by atoms with van der Waals surface area (Å²) < 4.78 is 5.34. The summed E-state index contributed by atoms with van der Waals surface area (Å²) >= 11 is 7.34. The zero-order valence-corrected chi connectivity index (χ0v) is 14.9. The number of ether oxygens (including phenoxy) is 1. The molecule has 0 aliphatic carbocycles. The van der Waals surface area contributed by atoms with Crippen LogP contribution in [-0.4, -0.2) is 28.6 Å². The number of aromatic carboxylic acids is 1. The Balaban J connectivity index is 1.60. The topological polar surface area (TPSA) is 88.5 Å². The fraction of sp³-hybridized carbons (Fsp3) is 0.0556. The third-order valence-electron chi connectivity index (χ3n) is 3.44. The van der Waals surface area contributed by atoms with E-state index < -0.39 is 11.9 Å². The number of carboxylic acids is 1. The van der Waals surface area contributed by atoms with Crippen LogP contribution >= 0.6 is 22.9 Å². The molecule has 2 aromatic heterocycles. The molecule has 0 saturated carbocycles. The number of rotatable bonds is 6. The Labute approximate surface area is 158 Å². The van der Waals surface area contributed by atoms with Crippen molar-refractivity contribution >= 4 is 40.5 Å². The van der Waals surface area contributed by atoms with Gasteiger partial charge in [0, 0.05) is 39.2 Å². The van der Waals surface area contributed by atoms with Crippen LogP contribution in [0.3, 0.4) is 0 Å². The van der Waals surface area contributed by atoms with Crippen molar-refractivity contribution in [2.75, 3.05) is 11.9 Å². The van der Waals surface area contributed by atoms with Crippen molar-refractivity contribution in [2.45, 2.75) is 0 Å². The molecule has 0 aliphatic heterocycles. The van der Waals surface area contributed by atoms with Gasteiger partial charge in [0.1, 0.15) is 0 Å². The van der Waals surface area contributed by atoms with E-state index in [-0.39, 0.29) is 23.7 Å². The van der Waals surface area contributed by atoms with E-state index >= 15 is 0 Å². The molecular formula is C18H13ClN2O4S. The molecule has 0 aliphatic rings. The number of carboxylic acid groups (broad SMARTS) is 1. The Bertz CT molecular complexity index is 940. The van der Waals surface area contributed by atoms with Crippen LogP contribution in [0.25, 0.3) is 11.1 Å². The summed E-state index contributed by atoms with van der Waals surface area (Å²) in [5, 5.41) is 15.2. The molecule has 2 N–H and O–H groups in total.